The molecular formula is C22H23NO5. The van der Waals surface area contributed by atoms with Crippen molar-refractivity contribution in [2.75, 3.05) is 13.7 Å². The number of benzene rings is 2. The fourth-order valence-electron chi connectivity index (χ4n) is 3.52. The second-order valence-corrected chi connectivity index (χ2v) is 6.79. The first-order chi connectivity index (χ1) is 13.5. The molecule has 0 unspecified atom stereocenters. The lowest BCUT2D eigenvalue weighted by Gasteiger charge is -2.18. The van der Waals surface area contributed by atoms with Gasteiger partial charge in [-0.1, -0.05) is 48.5 Å². The Hall–Kier alpha value is -3.15. The molecule has 0 aliphatic heterocycles. The Labute approximate surface area is 163 Å². The predicted molar refractivity (Wildman–Crippen MR) is 104 cm³/mol. The minimum absolute atomic E-state index is 0.0630. The van der Waals surface area contributed by atoms with Crippen LogP contribution in [-0.2, 0) is 19.1 Å². The smallest absolute Gasteiger partial charge is 0.407 e. The van der Waals surface area contributed by atoms with Gasteiger partial charge in [-0.25, -0.2) is 9.59 Å². The third-order valence-electron chi connectivity index (χ3n) is 4.91. The van der Waals surface area contributed by atoms with Crippen molar-refractivity contribution in [3.63, 3.8) is 0 Å². The fraction of sp³-hybridized carbons (Fsp3) is 0.318. The number of hydrogen-bond donors (Lipinski definition) is 1. The van der Waals surface area contributed by atoms with Gasteiger partial charge in [-0.15, -0.1) is 0 Å². The van der Waals surface area contributed by atoms with Crippen LogP contribution in [0.4, 0.5) is 4.79 Å². The van der Waals surface area contributed by atoms with E-state index in [1.54, 1.807) is 0 Å². The number of ketones is 1. The molecule has 1 aliphatic rings. The summed E-state index contributed by atoms with van der Waals surface area (Å²) in [6, 6.07) is 15.2. The summed E-state index contributed by atoms with van der Waals surface area (Å²) in [7, 11) is 1.24. The van der Waals surface area contributed by atoms with Crippen LogP contribution in [0.3, 0.4) is 0 Å². The first kappa shape index (κ1) is 19.6. The van der Waals surface area contributed by atoms with E-state index >= 15 is 0 Å². The van der Waals surface area contributed by atoms with E-state index in [0.717, 1.165) is 22.3 Å². The lowest BCUT2D eigenvalue weighted by Crippen LogP contribution is -2.42. The summed E-state index contributed by atoms with van der Waals surface area (Å²) in [5.41, 5.74) is 4.50. The number of nitrogens with one attached hydrogen (secondary N) is 1. The molecule has 0 fully saturated rings. The lowest BCUT2D eigenvalue weighted by molar-refractivity contribution is -0.143. The van der Waals surface area contributed by atoms with Gasteiger partial charge >= 0.3 is 12.1 Å². The Balaban J connectivity index is 1.67. The molecule has 0 aromatic heterocycles. The Bertz CT molecular complexity index is 847. The van der Waals surface area contributed by atoms with Crippen LogP contribution >= 0.6 is 0 Å². The third kappa shape index (κ3) is 4.22. The molecule has 0 saturated heterocycles. The highest BCUT2D eigenvalue weighted by molar-refractivity contribution is 5.83. The molecule has 0 bridgehead atoms. The van der Waals surface area contributed by atoms with E-state index in [9.17, 15) is 14.4 Å². The summed E-state index contributed by atoms with van der Waals surface area (Å²) >= 11 is 0. The summed E-state index contributed by atoms with van der Waals surface area (Å²) in [4.78, 5) is 35.3. The van der Waals surface area contributed by atoms with Crippen LogP contribution in [0.1, 0.15) is 36.8 Å². The molecular weight excluding hydrogens is 358 g/mol. The van der Waals surface area contributed by atoms with Crippen LogP contribution in [0.5, 0.6) is 0 Å². The fourth-order valence-corrected chi connectivity index (χ4v) is 3.52. The number of amides is 1. The van der Waals surface area contributed by atoms with Crippen LogP contribution < -0.4 is 5.32 Å². The highest BCUT2D eigenvalue weighted by Crippen LogP contribution is 2.44. The van der Waals surface area contributed by atoms with Gasteiger partial charge in [0, 0.05) is 12.3 Å². The third-order valence-corrected chi connectivity index (χ3v) is 4.91. The minimum Gasteiger partial charge on any atom is -0.467 e. The van der Waals surface area contributed by atoms with Gasteiger partial charge in [0.1, 0.15) is 18.4 Å². The van der Waals surface area contributed by atoms with E-state index in [2.05, 4.69) is 17.4 Å². The minimum atomic E-state index is -0.912. The number of fused-ring (bicyclic) bond motifs is 3. The highest BCUT2D eigenvalue weighted by atomic mass is 16.6. The Morgan fingerprint density at radius 2 is 1.57 bits per heavy atom. The van der Waals surface area contributed by atoms with Gasteiger partial charge in [0.15, 0.2) is 0 Å². The van der Waals surface area contributed by atoms with E-state index in [4.69, 9.17) is 9.47 Å². The van der Waals surface area contributed by atoms with Crippen molar-refractivity contribution in [2.45, 2.75) is 31.7 Å². The average molecular weight is 381 g/mol. The molecule has 0 saturated carbocycles. The van der Waals surface area contributed by atoms with Gasteiger partial charge in [0.05, 0.1) is 7.11 Å². The van der Waals surface area contributed by atoms with Gasteiger partial charge < -0.3 is 19.6 Å². The SMILES string of the molecule is COC(=O)[C@H](CCC(C)=O)NC(=O)OCC1c2ccccc2-c2ccccc21. The molecule has 0 heterocycles. The summed E-state index contributed by atoms with van der Waals surface area (Å²) in [6.07, 6.45) is -0.365. The second-order valence-electron chi connectivity index (χ2n) is 6.79. The molecule has 0 spiro atoms. The van der Waals surface area contributed by atoms with Crippen molar-refractivity contribution < 1.29 is 23.9 Å². The Kier molecular flexibility index (Phi) is 6.09. The summed E-state index contributed by atoms with van der Waals surface area (Å²) < 4.78 is 10.1. The quantitative estimate of drug-likeness (QED) is 0.743. The Morgan fingerprint density at radius 3 is 2.11 bits per heavy atom. The molecule has 1 aliphatic carbocycles. The van der Waals surface area contributed by atoms with Gasteiger partial charge in [0.2, 0.25) is 0 Å². The van der Waals surface area contributed by atoms with Crippen LogP contribution in [0, 0.1) is 0 Å². The molecule has 1 N–H and O–H groups in total. The molecule has 2 aromatic carbocycles. The van der Waals surface area contributed by atoms with E-state index in [-0.39, 0.29) is 31.1 Å². The molecule has 6 nitrogen and oxygen atoms in total. The lowest BCUT2D eigenvalue weighted by atomic mass is 9.98. The van der Waals surface area contributed by atoms with Crippen molar-refractivity contribution in [2.24, 2.45) is 0 Å². The van der Waals surface area contributed by atoms with Crippen molar-refractivity contribution in [1.82, 2.24) is 5.32 Å². The maximum absolute atomic E-state index is 12.3. The van der Waals surface area contributed by atoms with Crippen LogP contribution in [0.15, 0.2) is 48.5 Å². The molecule has 2 aromatic rings. The number of hydrogen-bond acceptors (Lipinski definition) is 5. The average Bonchev–Trinajstić information content (AvgIpc) is 3.02. The van der Waals surface area contributed by atoms with Gasteiger partial charge in [-0.05, 0) is 35.6 Å². The summed E-state index contributed by atoms with van der Waals surface area (Å²) in [5, 5.41) is 2.51. The summed E-state index contributed by atoms with van der Waals surface area (Å²) in [6.45, 7) is 1.59. The van der Waals surface area contributed by atoms with E-state index < -0.39 is 18.1 Å². The van der Waals surface area contributed by atoms with Gasteiger partial charge in [-0.2, -0.15) is 0 Å². The zero-order chi connectivity index (χ0) is 20.1. The molecule has 6 heteroatoms. The monoisotopic (exact) mass is 381 g/mol. The molecule has 3 rings (SSSR count). The van der Waals surface area contributed by atoms with Crippen LogP contribution in [0.25, 0.3) is 11.1 Å². The van der Waals surface area contributed by atoms with Gasteiger partial charge in [-0.3, -0.25) is 0 Å². The molecule has 1 atom stereocenters. The number of carbonyl (C=O) groups is 3. The molecule has 0 radical (unpaired) electrons. The molecule has 1 amide bonds. The number of carbonyl (C=O) groups excluding carboxylic acids is 3. The number of rotatable bonds is 7. The number of methoxy groups -OCH3 is 1. The van der Waals surface area contributed by atoms with E-state index in [1.807, 2.05) is 36.4 Å². The van der Waals surface area contributed by atoms with Gasteiger partial charge in [0.25, 0.3) is 0 Å². The maximum Gasteiger partial charge on any atom is 0.407 e. The van der Waals surface area contributed by atoms with Crippen molar-refractivity contribution >= 4 is 17.8 Å². The highest BCUT2D eigenvalue weighted by Gasteiger charge is 2.29. The van der Waals surface area contributed by atoms with Crippen molar-refractivity contribution in [3.05, 3.63) is 59.7 Å². The van der Waals surface area contributed by atoms with Crippen LogP contribution in [-0.4, -0.2) is 37.6 Å². The second kappa shape index (κ2) is 8.69. The first-order valence-electron chi connectivity index (χ1n) is 9.20. The van der Waals surface area contributed by atoms with Crippen molar-refractivity contribution in [1.29, 1.82) is 0 Å². The molecule has 28 heavy (non-hydrogen) atoms. The first-order valence-corrected chi connectivity index (χ1v) is 9.20. The van der Waals surface area contributed by atoms with E-state index in [1.165, 1.54) is 14.0 Å². The largest absolute Gasteiger partial charge is 0.467 e. The predicted octanol–water partition coefficient (Wildman–Crippen LogP) is 3.44. The normalized spacial score (nSPS) is 13.2. The zero-order valence-electron chi connectivity index (χ0n) is 15.9. The van der Waals surface area contributed by atoms with Crippen LogP contribution in [0.2, 0.25) is 0 Å². The molecule has 146 valence electrons. The maximum atomic E-state index is 12.3. The standard InChI is InChI=1S/C22H23NO5/c1-14(24)11-12-20(21(25)27-2)23-22(26)28-13-19-17-9-5-3-7-15(17)16-8-4-6-10-18(16)19/h3-10,19-20H,11-13H2,1-2H3,(H,23,26)/t20-/m0/s1. The topological polar surface area (TPSA) is 81.7 Å². The number of Topliss-reactive ketones (excluding diaryl/α,β-unsaturated/α-hetero) is 1. The van der Waals surface area contributed by atoms with Crippen molar-refractivity contribution in [3.8, 4) is 11.1 Å². The zero-order valence-corrected chi connectivity index (χ0v) is 15.9. The Morgan fingerprint density at radius 1 is 1.00 bits per heavy atom. The number of esters is 1. The number of ether oxygens (including phenoxy) is 2. The number of alkyl carbamates (subject to hydrolysis) is 1. The summed E-state index contributed by atoms with van der Waals surface area (Å²) in [5.74, 6) is -0.732. The van der Waals surface area contributed by atoms with E-state index in [0.29, 0.717) is 0 Å².